The number of ether oxygens (including phenoxy) is 3. The van der Waals surface area contributed by atoms with E-state index in [0.29, 0.717) is 37.7 Å². The number of morpholine rings is 1. The monoisotopic (exact) mass is 404 g/mol. The maximum Gasteiger partial charge on any atom is 0.224 e. The number of carbonyl (C=O) groups is 1. The van der Waals surface area contributed by atoms with Gasteiger partial charge in [0.25, 0.3) is 0 Å². The van der Waals surface area contributed by atoms with Gasteiger partial charge in [0, 0.05) is 24.5 Å². The van der Waals surface area contributed by atoms with Gasteiger partial charge in [0.1, 0.15) is 11.5 Å². The molecule has 1 fully saturated rings. The molecule has 0 atom stereocenters. The van der Waals surface area contributed by atoms with Gasteiger partial charge in [-0.25, -0.2) is 0 Å². The normalized spacial score (nSPS) is 13.9. The zero-order valence-electron chi connectivity index (χ0n) is 15.9. The summed E-state index contributed by atoms with van der Waals surface area (Å²) in [7, 11) is 1.62. The Balaban J connectivity index is 1.49. The third kappa shape index (κ3) is 5.78. The third-order valence-corrected chi connectivity index (χ3v) is 4.70. The molecule has 3 rings (SSSR count). The first-order valence-corrected chi connectivity index (χ1v) is 9.72. The van der Waals surface area contributed by atoms with E-state index in [2.05, 4.69) is 10.2 Å². The molecule has 0 unspecified atom stereocenters. The Morgan fingerprint density at radius 2 is 1.86 bits per heavy atom. The lowest BCUT2D eigenvalue weighted by atomic mass is 10.2. The molecular formula is C21H25ClN2O4. The molecule has 2 aromatic rings. The lowest BCUT2D eigenvalue weighted by Crippen LogP contribution is -2.36. The zero-order valence-corrected chi connectivity index (χ0v) is 16.7. The lowest BCUT2D eigenvalue weighted by Gasteiger charge is -2.30. The number of methoxy groups -OCH3 is 1. The average molecular weight is 405 g/mol. The molecule has 6 nitrogen and oxygen atoms in total. The van der Waals surface area contributed by atoms with E-state index in [1.54, 1.807) is 13.2 Å². The molecule has 150 valence electrons. The van der Waals surface area contributed by atoms with Crippen LogP contribution in [0.25, 0.3) is 0 Å². The lowest BCUT2D eigenvalue weighted by molar-refractivity contribution is -0.116. The summed E-state index contributed by atoms with van der Waals surface area (Å²) in [6, 6.07) is 12.9. The Morgan fingerprint density at radius 1 is 1.14 bits per heavy atom. The predicted octanol–water partition coefficient (Wildman–Crippen LogP) is 3.98. The van der Waals surface area contributed by atoms with Gasteiger partial charge in [0.05, 0.1) is 38.3 Å². The molecule has 28 heavy (non-hydrogen) atoms. The molecule has 1 aliphatic heterocycles. The maximum absolute atomic E-state index is 12.4. The molecule has 1 saturated heterocycles. The second-order valence-electron chi connectivity index (χ2n) is 6.44. The number of hydrogen-bond acceptors (Lipinski definition) is 5. The van der Waals surface area contributed by atoms with E-state index in [4.69, 9.17) is 25.8 Å². The minimum Gasteiger partial charge on any atom is -0.497 e. The quantitative estimate of drug-likeness (QED) is 0.674. The fraction of sp³-hybridized carbons (Fsp3) is 0.381. The minimum absolute atomic E-state index is 0.0601. The Hall–Kier alpha value is -2.44. The highest BCUT2D eigenvalue weighted by Gasteiger charge is 2.16. The van der Waals surface area contributed by atoms with Crippen molar-refractivity contribution in [3.8, 4) is 11.5 Å². The molecule has 2 aromatic carbocycles. The summed E-state index contributed by atoms with van der Waals surface area (Å²) in [5.74, 6) is 1.48. The smallest absolute Gasteiger partial charge is 0.224 e. The number of carbonyl (C=O) groups excluding carboxylic acids is 1. The minimum atomic E-state index is -0.0601. The van der Waals surface area contributed by atoms with Crippen molar-refractivity contribution in [1.82, 2.24) is 0 Å². The molecule has 1 aliphatic rings. The van der Waals surface area contributed by atoms with Gasteiger partial charge in [0.15, 0.2) is 0 Å². The van der Waals surface area contributed by atoms with Crippen LogP contribution in [0.15, 0.2) is 42.5 Å². The molecule has 1 heterocycles. The highest BCUT2D eigenvalue weighted by molar-refractivity contribution is 6.31. The molecule has 7 heteroatoms. The molecule has 1 amide bonds. The zero-order chi connectivity index (χ0) is 19.8. The van der Waals surface area contributed by atoms with Crippen molar-refractivity contribution in [3.63, 3.8) is 0 Å². The Kier molecular flexibility index (Phi) is 7.39. The van der Waals surface area contributed by atoms with E-state index in [1.807, 2.05) is 36.4 Å². The number of anilines is 2. The number of amides is 1. The van der Waals surface area contributed by atoms with Gasteiger partial charge in [-0.3, -0.25) is 4.79 Å². The fourth-order valence-corrected chi connectivity index (χ4v) is 3.17. The van der Waals surface area contributed by atoms with Gasteiger partial charge in [-0.05, 0) is 48.9 Å². The number of benzene rings is 2. The standard InChI is InChI=1S/C21H25ClN2O4/c1-26-17-5-7-18(8-6-17)28-12-2-3-21(25)23-19-15-16(22)4-9-20(19)24-10-13-27-14-11-24/h4-9,15H,2-3,10-14H2,1H3,(H,23,25). The highest BCUT2D eigenvalue weighted by atomic mass is 35.5. The average Bonchev–Trinajstić information content (AvgIpc) is 2.72. The van der Waals surface area contributed by atoms with Crippen LogP contribution in [0.2, 0.25) is 5.02 Å². The van der Waals surface area contributed by atoms with Crippen LogP contribution in [0.1, 0.15) is 12.8 Å². The van der Waals surface area contributed by atoms with Crippen LogP contribution in [-0.4, -0.2) is 45.9 Å². The van der Waals surface area contributed by atoms with E-state index in [1.165, 1.54) is 0 Å². The summed E-state index contributed by atoms with van der Waals surface area (Å²) in [4.78, 5) is 14.6. The molecule has 1 N–H and O–H groups in total. The number of nitrogens with zero attached hydrogens (tertiary/aromatic N) is 1. The van der Waals surface area contributed by atoms with Crippen LogP contribution in [0.5, 0.6) is 11.5 Å². The maximum atomic E-state index is 12.4. The van der Waals surface area contributed by atoms with Crippen LogP contribution in [0.3, 0.4) is 0 Å². The summed E-state index contributed by atoms with van der Waals surface area (Å²) in [5, 5.41) is 3.58. The summed E-state index contributed by atoms with van der Waals surface area (Å²) in [5.41, 5.74) is 1.70. The van der Waals surface area contributed by atoms with Crippen LogP contribution in [-0.2, 0) is 9.53 Å². The van der Waals surface area contributed by atoms with Crippen molar-refractivity contribution in [3.05, 3.63) is 47.5 Å². The number of nitrogens with one attached hydrogen (secondary N) is 1. The first-order valence-electron chi connectivity index (χ1n) is 9.34. The van der Waals surface area contributed by atoms with E-state index in [0.717, 1.165) is 36.0 Å². The SMILES string of the molecule is COc1ccc(OCCCC(=O)Nc2cc(Cl)ccc2N2CCOCC2)cc1. The molecule has 0 aromatic heterocycles. The van der Waals surface area contributed by atoms with Gasteiger partial charge in [0.2, 0.25) is 5.91 Å². The molecule has 0 saturated carbocycles. The van der Waals surface area contributed by atoms with Gasteiger partial charge in [-0.1, -0.05) is 11.6 Å². The van der Waals surface area contributed by atoms with Crippen molar-refractivity contribution in [1.29, 1.82) is 0 Å². The summed E-state index contributed by atoms with van der Waals surface area (Å²) in [6.45, 7) is 3.41. The second-order valence-corrected chi connectivity index (χ2v) is 6.87. The van der Waals surface area contributed by atoms with Crippen molar-refractivity contribution in [2.75, 3.05) is 50.2 Å². The van der Waals surface area contributed by atoms with Gasteiger partial charge >= 0.3 is 0 Å². The number of rotatable bonds is 8. The van der Waals surface area contributed by atoms with E-state index < -0.39 is 0 Å². The second kappa shape index (κ2) is 10.2. The molecular weight excluding hydrogens is 380 g/mol. The van der Waals surface area contributed by atoms with Crippen LogP contribution in [0.4, 0.5) is 11.4 Å². The molecule has 0 radical (unpaired) electrons. The first-order chi connectivity index (χ1) is 13.7. The molecule has 0 bridgehead atoms. The van der Waals surface area contributed by atoms with Gasteiger partial charge in [-0.2, -0.15) is 0 Å². The topological polar surface area (TPSA) is 60.0 Å². The fourth-order valence-electron chi connectivity index (χ4n) is 3.00. The van der Waals surface area contributed by atoms with Crippen LogP contribution < -0.4 is 19.7 Å². The van der Waals surface area contributed by atoms with Crippen molar-refractivity contribution < 1.29 is 19.0 Å². The van der Waals surface area contributed by atoms with E-state index in [9.17, 15) is 4.79 Å². The summed E-state index contributed by atoms with van der Waals surface area (Å²) >= 11 is 6.13. The van der Waals surface area contributed by atoms with E-state index in [-0.39, 0.29) is 5.91 Å². The molecule has 0 aliphatic carbocycles. The van der Waals surface area contributed by atoms with Crippen LogP contribution in [0, 0.1) is 0 Å². The van der Waals surface area contributed by atoms with Gasteiger partial charge in [-0.15, -0.1) is 0 Å². The largest absolute Gasteiger partial charge is 0.497 e. The van der Waals surface area contributed by atoms with Crippen molar-refractivity contribution in [2.45, 2.75) is 12.8 Å². The third-order valence-electron chi connectivity index (χ3n) is 4.46. The van der Waals surface area contributed by atoms with E-state index >= 15 is 0 Å². The summed E-state index contributed by atoms with van der Waals surface area (Å²) in [6.07, 6.45) is 0.983. The highest BCUT2D eigenvalue weighted by Crippen LogP contribution is 2.30. The number of halogens is 1. The predicted molar refractivity (Wildman–Crippen MR) is 111 cm³/mol. The number of hydrogen-bond donors (Lipinski definition) is 1. The van der Waals surface area contributed by atoms with Gasteiger partial charge < -0.3 is 24.4 Å². The Morgan fingerprint density at radius 3 is 2.57 bits per heavy atom. The summed E-state index contributed by atoms with van der Waals surface area (Å²) < 4.78 is 16.2. The molecule has 0 spiro atoms. The van der Waals surface area contributed by atoms with Crippen LogP contribution >= 0.6 is 11.6 Å². The van der Waals surface area contributed by atoms with Crippen molar-refractivity contribution >= 4 is 28.9 Å². The van der Waals surface area contributed by atoms with Crippen molar-refractivity contribution in [2.24, 2.45) is 0 Å². The Labute approximate surface area is 170 Å². The first kappa shape index (κ1) is 20.3. The Bertz CT molecular complexity index is 776.